The summed E-state index contributed by atoms with van der Waals surface area (Å²) in [6.45, 7) is 4.09. The Balaban J connectivity index is 2.92. The van der Waals surface area contributed by atoms with Crippen LogP contribution in [0.1, 0.15) is 11.1 Å². The first-order valence-electron chi connectivity index (χ1n) is 3.98. The summed E-state index contributed by atoms with van der Waals surface area (Å²) in [7, 11) is 0. The maximum absolute atomic E-state index is 10.1. The lowest BCUT2D eigenvalue weighted by Crippen LogP contribution is -1.98. The fraction of sp³-hybridized carbons (Fsp3) is 0.300. The lowest BCUT2D eigenvalue weighted by Gasteiger charge is -2.07. The van der Waals surface area contributed by atoms with E-state index in [2.05, 4.69) is 15.9 Å². The number of hydrogen-bond donors (Lipinski definition) is 0. The highest BCUT2D eigenvalue weighted by Gasteiger charge is 2.02. The Hall–Kier alpha value is -0.830. The zero-order chi connectivity index (χ0) is 9.84. The summed E-state index contributed by atoms with van der Waals surface area (Å²) in [6, 6.07) is 3.81. The van der Waals surface area contributed by atoms with Gasteiger partial charge in [-0.1, -0.05) is 15.9 Å². The standard InChI is InChI=1S/C10H11BrO2/c1-7-5-9(13-4-3-12)6-8(2)10(7)11/h3,5-6H,4H2,1-2H3. The second-order valence-electron chi connectivity index (χ2n) is 2.85. The number of aldehydes is 1. The van der Waals surface area contributed by atoms with E-state index in [4.69, 9.17) is 4.74 Å². The normalized spacial score (nSPS) is 9.77. The van der Waals surface area contributed by atoms with Crippen molar-refractivity contribution in [3.8, 4) is 5.75 Å². The van der Waals surface area contributed by atoms with Crippen LogP contribution in [0.5, 0.6) is 5.75 Å². The molecule has 0 bridgehead atoms. The van der Waals surface area contributed by atoms with Gasteiger partial charge in [0.25, 0.3) is 0 Å². The van der Waals surface area contributed by atoms with Crippen molar-refractivity contribution >= 4 is 22.2 Å². The van der Waals surface area contributed by atoms with Gasteiger partial charge in [0.15, 0.2) is 6.29 Å². The third-order valence-electron chi connectivity index (χ3n) is 1.73. The Morgan fingerprint density at radius 3 is 2.38 bits per heavy atom. The molecule has 1 aromatic carbocycles. The first kappa shape index (κ1) is 10.3. The second kappa shape index (κ2) is 4.42. The van der Waals surface area contributed by atoms with Crippen LogP contribution in [0.25, 0.3) is 0 Å². The number of aryl methyl sites for hydroxylation is 2. The molecule has 0 unspecified atom stereocenters. The molecular formula is C10H11BrO2. The van der Waals surface area contributed by atoms with Crippen LogP contribution in [-0.2, 0) is 4.79 Å². The molecule has 0 atom stereocenters. The van der Waals surface area contributed by atoms with Gasteiger partial charge in [-0.15, -0.1) is 0 Å². The zero-order valence-electron chi connectivity index (χ0n) is 7.63. The smallest absolute Gasteiger partial charge is 0.157 e. The minimum atomic E-state index is 0.112. The highest BCUT2D eigenvalue weighted by molar-refractivity contribution is 9.10. The van der Waals surface area contributed by atoms with E-state index < -0.39 is 0 Å². The molecule has 2 nitrogen and oxygen atoms in total. The molecule has 0 aromatic heterocycles. The summed E-state index contributed by atoms with van der Waals surface area (Å²) in [5, 5.41) is 0. The highest BCUT2D eigenvalue weighted by atomic mass is 79.9. The highest BCUT2D eigenvalue weighted by Crippen LogP contribution is 2.26. The van der Waals surface area contributed by atoms with E-state index in [1.165, 1.54) is 0 Å². The van der Waals surface area contributed by atoms with Crippen molar-refractivity contribution in [3.63, 3.8) is 0 Å². The number of hydrogen-bond acceptors (Lipinski definition) is 2. The van der Waals surface area contributed by atoms with Crippen molar-refractivity contribution in [2.24, 2.45) is 0 Å². The monoisotopic (exact) mass is 242 g/mol. The molecule has 3 heteroatoms. The molecule has 0 fully saturated rings. The van der Waals surface area contributed by atoms with E-state index >= 15 is 0 Å². The summed E-state index contributed by atoms with van der Waals surface area (Å²) >= 11 is 3.46. The van der Waals surface area contributed by atoms with Gasteiger partial charge in [0.1, 0.15) is 12.4 Å². The molecule has 0 N–H and O–H groups in total. The summed E-state index contributed by atoms with van der Waals surface area (Å²) in [4.78, 5) is 10.1. The Kier molecular flexibility index (Phi) is 3.48. The SMILES string of the molecule is Cc1cc(OCC=O)cc(C)c1Br. The molecule has 1 rings (SSSR count). The second-order valence-corrected chi connectivity index (χ2v) is 3.64. The van der Waals surface area contributed by atoms with Crippen molar-refractivity contribution in [1.29, 1.82) is 0 Å². The van der Waals surface area contributed by atoms with Gasteiger partial charge in [0.05, 0.1) is 0 Å². The third kappa shape index (κ3) is 2.56. The van der Waals surface area contributed by atoms with E-state index in [1.54, 1.807) is 0 Å². The molecule has 70 valence electrons. The van der Waals surface area contributed by atoms with E-state index in [0.29, 0.717) is 0 Å². The molecule has 0 radical (unpaired) electrons. The van der Waals surface area contributed by atoms with Crippen molar-refractivity contribution in [2.75, 3.05) is 6.61 Å². The van der Waals surface area contributed by atoms with Gasteiger partial charge >= 0.3 is 0 Å². The quantitative estimate of drug-likeness (QED) is 0.763. The van der Waals surface area contributed by atoms with Gasteiger partial charge in [0, 0.05) is 4.47 Å². The summed E-state index contributed by atoms with van der Waals surface area (Å²) in [6.07, 6.45) is 0.743. The van der Waals surface area contributed by atoms with Crippen molar-refractivity contribution in [1.82, 2.24) is 0 Å². The molecule has 0 aliphatic heterocycles. The van der Waals surface area contributed by atoms with E-state index in [1.807, 2.05) is 26.0 Å². The van der Waals surface area contributed by atoms with E-state index in [0.717, 1.165) is 27.6 Å². The van der Waals surface area contributed by atoms with Gasteiger partial charge in [0.2, 0.25) is 0 Å². The van der Waals surface area contributed by atoms with Gasteiger partial charge in [-0.05, 0) is 37.1 Å². The van der Waals surface area contributed by atoms with Crippen LogP contribution in [0.15, 0.2) is 16.6 Å². The van der Waals surface area contributed by atoms with E-state index in [-0.39, 0.29) is 6.61 Å². The predicted octanol–water partition coefficient (Wildman–Crippen LogP) is 2.64. The van der Waals surface area contributed by atoms with Crippen LogP contribution >= 0.6 is 15.9 Å². The number of ether oxygens (including phenoxy) is 1. The molecule has 0 amide bonds. The molecule has 0 heterocycles. The van der Waals surface area contributed by atoms with Gasteiger partial charge in [-0.3, -0.25) is 4.79 Å². The zero-order valence-corrected chi connectivity index (χ0v) is 9.22. The first-order chi connectivity index (χ1) is 6.15. The molecule has 0 spiro atoms. The molecule has 0 saturated heterocycles. The maximum Gasteiger partial charge on any atom is 0.157 e. The van der Waals surface area contributed by atoms with E-state index in [9.17, 15) is 4.79 Å². The Bertz CT molecular complexity index is 298. The van der Waals surface area contributed by atoms with Crippen LogP contribution in [-0.4, -0.2) is 12.9 Å². The molecule has 1 aromatic rings. The third-order valence-corrected chi connectivity index (χ3v) is 2.98. The van der Waals surface area contributed by atoms with Crippen molar-refractivity contribution in [2.45, 2.75) is 13.8 Å². The topological polar surface area (TPSA) is 26.3 Å². The van der Waals surface area contributed by atoms with Crippen LogP contribution in [0.4, 0.5) is 0 Å². The Morgan fingerprint density at radius 2 is 1.92 bits per heavy atom. The average molecular weight is 243 g/mol. The first-order valence-corrected chi connectivity index (χ1v) is 4.77. The van der Waals surface area contributed by atoms with Gasteiger partial charge in [-0.2, -0.15) is 0 Å². The van der Waals surface area contributed by atoms with Gasteiger partial charge < -0.3 is 4.74 Å². The van der Waals surface area contributed by atoms with Gasteiger partial charge in [-0.25, -0.2) is 0 Å². The minimum absolute atomic E-state index is 0.112. The fourth-order valence-electron chi connectivity index (χ4n) is 1.12. The summed E-state index contributed by atoms with van der Waals surface area (Å²) < 4.78 is 6.27. The van der Waals surface area contributed by atoms with Crippen molar-refractivity contribution < 1.29 is 9.53 Å². The predicted molar refractivity (Wildman–Crippen MR) is 55.2 cm³/mol. The summed E-state index contributed by atoms with van der Waals surface area (Å²) in [5.41, 5.74) is 2.22. The molecule has 0 aliphatic carbocycles. The lowest BCUT2D eigenvalue weighted by molar-refractivity contribution is -0.109. The number of rotatable bonds is 3. The minimum Gasteiger partial charge on any atom is -0.486 e. The molecule has 13 heavy (non-hydrogen) atoms. The number of carbonyl (C=O) groups is 1. The fourth-order valence-corrected chi connectivity index (χ4v) is 1.35. The van der Waals surface area contributed by atoms with Crippen LogP contribution in [0, 0.1) is 13.8 Å². The molecule has 0 saturated carbocycles. The lowest BCUT2D eigenvalue weighted by atomic mass is 10.1. The maximum atomic E-state index is 10.1. The van der Waals surface area contributed by atoms with Crippen LogP contribution in [0.2, 0.25) is 0 Å². The number of benzene rings is 1. The average Bonchev–Trinajstić information content (AvgIpc) is 2.10. The van der Waals surface area contributed by atoms with Crippen LogP contribution in [0.3, 0.4) is 0 Å². The Labute approximate surface area is 86.0 Å². The Morgan fingerprint density at radius 1 is 1.38 bits per heavy atom. The molecule has 0 aliphatic rings. The summed E-state index contributed by atoms with van der Waals surface area (Å²) in [5.74, 6) is 0.741. The number of carbonyl (C=O) groups excluding carboxylic acids is 1. The van der Waals surface area contributed by atoms with Crippen molar-refractivity contribution in [3.05, 3.63) is 27.7 Å². The van der Waals surface area contributed by atoms with Crippen LogP contribution < -0.4 is 4.74 Å². The molecular weight excluding hydrogens is 232 g/mol. The largest absolute Gasteiger partial charge is 0.486 e. The number of halogens is 1.